The monoisotopic (exact) mass is 538 g/mol. The summed E-state index contributed by atoms with van der Waals surface area (Å²) in [5.41, 5.74) is 1.80. The van der Waals surface area contributed by atoms with Crippen molar-refractivity contribution in [3.8, 4) is 11.5 Å². The summed E-state index contributed by atoms with van der Waals surface area (Å²) in [5.74, 6) is 1.75. The van der Waals surface area contributed by atoms with Gasteiger partial charge in [0.15, 0.2) is 0 Å². The van der Waals surface area contributed by atoms with Crippen LogP contribution in [0.1, 0.15) is 80.1 Å². The summed E-state index contributed by atoms with van der Waals surface area (Å²) in [5, 5.41) is 9.68. The van der Waals surface area contributed by atoms with E-state index in [1.165, 1.54) is 44.1 Å². The van der Waals surface area contributed by atoms with Crippen LogP contribution in [0.15, 0.2) is 61.2 Å². The Balaban J connectivity index is 1.31. The molecule has 1 unspecified atom stereocenters. The molecule has 1 aliphatic rings. The number of aliphatic hydroxyl groups excluding tert-OH is 1. The van der Waals surface area contributed by atoms with E-state index in [-0.39, 0.29) is 13.2 Å². The molecule has 7 nitrogen and oxygen atoms in total. The quantitative estimate of drug-likeness (QED) is 0.117. The highest BCUT2D eigenvalue weighted by Crippen LogP contribution is 2.37. The first-order valence-corrected chi connectivity index (χ1v) is 14.1. The summed E-state index contributed by atoms with van der Waals surface area (Å²) in [6.07, 6.45) is 9.43. The first kappa shape index (κ1) is 30.4. The van der Waals surface area contributed by atoms with Crippen molar-refractivity contribution in [1.29, 1.82) is 0 Å². The number of hydrogen-bond donors (Lipinski definition) is 1. The van der Waals surface area contributed by atoms with Crippen LogP contribution in [-0.2, 0) is 14.3 Å². The number of carbonyl (C=O) groups excluding carboxylic acids is 2. The van der Waals surface area contributed by atoms with Crippen LogP contribution in [0.3, 0.4) is 0 Å². The Morgan fingerprint density at radius 2 is 1.62 bits per heavy atom. The van der Waals surface area contributed by atoms with Crippen LogP contribution in [-0.4, -0.2) is 49.6 Å². The maximum absolute atomic E-state index is 12.6. The number of unbranched alkanes of at least 4 members (excludes halogenated alkanes) is 1. The molecule has 0 heterocycles. The summed E-state index contributed by atoms with van der Waals surface area (Å²) in [7, 11) is 0. The normalized spacial score (nSPS) is 17.7. The molecule has 0 spiro atoms. The summed E-state index contributed by atoms with van der Waals surface area (Å²) < 4.78 is 21.4. The summed E-state index contributed by atoms with van der Waals surface area (Å²) in [6, 6.07) is 14.9. The fourth-order valence-electron chi connectivity index (χ4n) is 4.85. The topological polar surface area (TPSA) is 91.3 Å². The Kier molecular flexibility index (Phi) is 13.0. The lowest BCUT2D eigenvalue weighted by Crippen LogP contribution is -2.23. The zero-order chi connectivity index (χ0) is 27.9. The molecule has 0 bridgehead atoms. The predicted molar refractivity (Wildman–Crippen MR) is 150 cm³/mol. The first-order chi connectivity index (χ1) is 19.0. The van der Waals surface area contributed by atoms with Crippen molar-refractivity contribution in [3.63, 3.8) is 0 Å². The number of rotatable bonds is 16. The first-order valence-electron chi connectivity index (χ1n) is 14.1. The van der Waals surface area contributed by atoms with Gasteiger partial charge in [-0.2, -0.15) is 0 Å². The molecule has 0 aliphatic heterocycles. The van der Waals surface area contributed by atoms with Gasteiger partial charge < -0.3 is 24.1 Å². The van der Waals surface area contributed by atoms with Gasteiger partial charge in [-0.15, -0.1) is 0 Å². The minimum absolute atomic E-state index is 0.0903. The molecule has 0 aromatic heterocycles. The highest BCUT2D eigenvalue weighted by molar-refractivity contribution is 5.91. The summed E-state index contributed by atoms with van der Waals surface area (Å²) in [6.45, 7) is 6.49. The lowest BCUT2D eigenvalue weighted by molar-refractivity contribution is -0.141. The molecule has 7 heteroatoms. The fourth-order valence-corrected chi connectivity index (χ4v) is 4.85. The Hall–Kier alpha value is -3.16. The second kappa shape index (κ2) is 16.7. The van der Waals surface area contributed by atoms with Gasteiger partial charge in [0.2, 0.25) is 0 Å². The van der Waals surface area contributed by atoms with Gasteiger partial charge in [0.1, 0.15) is 24.2 Å². The Morgan fingerprint density at radius 3 is 2.28 bits per heavy atom. The van der Waals surface area contributed by atoms with Gasteiger partial charge in [0.25, 0.3) is 0 Å². The zero-order valence-electron chi connectivity index (χ0n) is 23.0. The van der Waals surface area contributed by atoms with Gasteiger partial charge in [0.05, 0.1) is 18.8 Å². The highest BCUT2D eigenvalue weighted by atomic mass is 16.5. The Bertz CT molecular complexity index is 1010. The Labute approximate surface area is 232 Å². The molecule has 1 aliphatic carbocycles. The van der Waals surface area contributed by atoms with Crippen LogP contribution in [0.5, 0.6) is 11.5 Å². The molecular formula is C32H42O7. The summed E-state index contributed by atoms with van der Waals surface area (Å²) in [4.78, 5) is 23.5. The van der Waals surface area contributed by atoms with Crippen LogP contribution in [0.2, 0.25) is 0 Å². The molecule has 1 N–H and O–H groups in total. The van der Waals surface area contributed by atoms with E-state index in [1.54, 1.807) is 24.3 Å². The fraction of sp³-hybridized carbons (Fsp3) is 0.500. The number of carbonyl (C=O) groups is 2. The maximum atomic E-state index is 12.6. The average Bonchev–Trinajstić information content (AvgIpc) is 2.96. The lowest BCUT2D eigenvalue weighted by Gasteiger charge is -2.28. The van der Waals surface area contributed by atoms with E-state index in [2.05, 4.69) is 25.6 Å². The molecule has 212 valence electrons. The molecule has 39 heavy (non-hydrogen) atoms. The minimum atomic E-state index is -0.866. The number of hydrogen-bond acceptors (Lipinski definition) is 7. The van der Waals surface area contributed by atoms with Gasteiger partial charge in [0, 0.05) is 12.7 Å². The third-order valence-electron chi connectivity index (χ3n) is 7.04. The van der Waals surface area contributed by atoms with Gasteiger partial charge in [-0.1, -0.05) is 38.5 Å². The average molecular weight is 539 g/mol. The van der Waals surface area contributed by atoms with Crippen LogP contribution in [0.25, 0.3) is 0 Å². The third-order valence-corrected chi connectivity index (χ3v) is 7.04. The molecule has 0 amide bonds. The van der Waals surface area contributed by atoms with Crippen molar-refractivity contribution in [2.24, 2.45) is 5.92 Å². The minimum Gasteiger partial charge on any atom is -0.494 e. The zero-order valence-corrected chi connectivity index (χ0v) is 23.0. The molecule has 2 aromatic carbocycles. The molecule has 1 atom stereocenters. The smallest absolute Gasteiger partial charge is 0.343 e. The molecule has 1 fully saturated rings. The number of ether oxygens (including phenoxy) is 4. The Morgan fingerprint density at radius 1 is 0.949 bits per heavy atom. The molecular weight excluding hydrogens is 496 g/mol. The van der Waals surface area contributed by atoms with Gasteiger partial charge in [-0.3, -0.25) is 0 Å². The van der Waals surface area contributed by atoms with Crippen LogP contribution >= 0.6 is 0 Å². The van der Waals surface area contributed by atoms with Gasteiger partial charge in [-0.25, -0.2) is 9.59 Å². The lowest BCUT2D eigenvalue weighted by atomic mass is 9.77. The van der Waals surface area contributed by atoms with Crippen LogP contribution in [0.4, 0.5) is 0 Å². The standard InChI is InChI=1S/C32H42O7/c1-3-7-24-8-10-25(11-9-24)26-12-18-30(19-13-26)39-32(35)27-14-16-29(17-15-27)37-21-6-5-20-36-22-28(33)23-38-31(34)4-2/h4,12-19,24-25,28,33H,2-3,5-11,20-23H2,1H3. The van der Waals surface area contributed by atoms with E-state index in [4.69, 9.17) is 18.9 Å². The van der Waals surface area contributed by atoms with Crippen molar-refractivity contribution in [1.82, 2.24) is 0 Å². The van der Waals surface area contributed by atoms with Crippen LogP contribution < -0.4 is 9.47 Å². The predicted octanol–water partition coefficient (Wildman–Crippen LogP) is 6.25. The number of esters is 2. The largest absolute Gasteiger partial charge is 0.494 e. The van der Waals surface area contributed by atoms with Crippen molar-refractivity contribution in [2.45, 2.75) is 70.3 Å². The molecule has 2 aromatic rings. The SMILES string of the molecule is C=CC(=O)OCC(O)COCCCCOc1ccc(C(=O)Oc2ccc(C3CCC(CCC)CC3)cc2)cc1. The van der Waals surface area contributed by atoms with E-state index >= 15 is 0 Å². The number of benzene rings is 2. The molecule has 0 radical (unpaired) electrons. The van der Waals surface area contributed by atoms with Crippen molar-refractivity contribution in [2.75, 3.05) is 26.4 Å². The van der Waals surface area contributed by atoms with E-state index in [0.717, 1.165) is 24.8 Å². The molecule has 3 rings (SSSR count). The van der Waals surface area contributed by atoms with E-state index in [1.807, 2.05) is 12.1 Å². The highest BCUT2D eigenvalue weighted by Gasteiger charge is 2.22. The summed E-state index contributed by atoms with van der Waals surface area (Å²) >= 11 is 0. The van der Waals surface area contributed by atoms with Crippen LogP contribution in [0, 0.1) is 5.92 Å². The van der Waals surface area contributed by atoms with E-state index in [0.29, 0.717) is 36.2 Å². The second-order valence-corrected chi connectivity index (χ2v) is 10.1. The third kappa shape index (κ3) is 10.9. The van der Waals surface area contributed by atoms with Gasteiger partial charge in [-0.05, 0) is 92.3 Å². The van der Waals surface area contributed by atoms with Gasteiger partial charge >= 0.3 is 11.9 Å². The second-order valence-electron chi connectivity index (χ2n) is 10.1. The van der Waals surface area contributed by atoms with Crippen molar-refractivity contribution in [3.05, 3.63) is 72.3 Å². The van der Waals surface area contributed by atoms with E-state index in [9.17, 15) is 14.7 Å². The van der Waals surface area contributed by atoms with Crippen molar-refractivity contribution >= 4 is 11.9 Å². The maximum Gasteiger partial charge on any atom is 0.343 e. The molecule has 1 saturated carbocycles. The molecule has 0 saturated heterocycles. The van der Waals surface area contributed by atoms with E-state index < -0.39 is 18.0 Å². The number of aliphatic hydroxyl groups is 1. The van der Waals surface area contributed by atoms with Crippen molar-refractivity contribution < 1.29 is 33.6 Å².